The van der Waals surface area contributed by atoms with E-state index in [1.165, 1.54) is 0 Å². The molecular weight excluding hydrogens is 366 g/mol. The van der Waals surface area contributed by atoms with E-state index < -0.39 is 12.0 Å². The van der Waals surface area contributed by atoms with Crippen molar-refractivity contribution >= 4 is 23.5 Å². The highest BCUT2D eigenvalue weighted by Crippen LogP contribution is 2.15. The third-order valence-corrected chi connectivity index (χ3v) is 4.65. The summed E-state index contributed by atoms with van der Waals surface area (Å²) in [6.07, 6.45) is 0.725. The van der Waals surface area contributed by atoms with Gasteiger partial charge >= 0.3 is 5.97 Å². The van der Waals surface area contributed by atoms with Crippen molar-refractivity contribution < 1.29 is 19.1 Å². The van der Waals surface area contributed by atoms with E-state index >= 15 is 0 Å². The molecule has 5 nitrogen and oxygen atoms in total. The van der Waals surface area contributed by atoms with Gasteiger partial charge in [-0.15, -0.1) is 0 Å². The molecule has 0 bridgehead atoms. The van der Waals surface area contributed by atoms with Gasteiger partial charge in [0.25, 0.3) is 5.91 Å². The van der Waals surface area contributed by atoms with Gasteiger partial charge in [-0.2, -0.15) is 0 Å². The molecular formula is C21H24ClNO4. The van der Waals surface area contributed by atoms with Gasteiger partial charge < -0.3 is 14.8 Å². The first-order valence-electron chi connectivity index (χ1n) is 8.80. The Morgan fingerprint density at radius 3 is 2.26 bits per heavy atom. The van der Waals surface area contributed by atoms with E-state index in [-0.39, 0.29) is 18.4 Å². The largest absolute Gasteiger partial charge is 0.497 e. The average molecular weight is 390 g/mol. The highest BCUT2D eigenvalue weighted by atomic mass is 35.5. The number of benzene rings is 2. The summed E-state index contributed by atoms with van der Waals surface area (Å²) < 4.78 is 10.5. The second kappa shape index (κ2) is 9.97. The normalized spacial score (nSPS) is 12.7. The number of carbonyl (C=O) groups excluding carboxylic acids is 2. The summed E-state index contributed by atoms with van der Waals surface area (Å²) in [5, 5.41) is 3.33. The smallest absolute Gasteiger partial charge is 0.329 e. The van der Waals surface area contributed by atoms with Crippen molar-refractivity contribution in [1.29, 1.82) is 0 Å². The molecule has 0 saturated heterocycles. The molecule has 2 rings (SSSR count). The SMILES string of the molecule is CC[C@H](C)[C@H](NC(=O)c1ccc(Cl)cc1)C(=O)OCc1ccc(OC)cc1. The van der Waals surface area contributed by atoms with Crippen LogP contribution in [-0.4, -0.2) is 25.0 Å². The minimum Gasteiger partial charge on any atom is -0.497 e. The second-order valence-electron chi connectivity index (χ2n) is 6.30. The molecule has 0 aromatic heterocycles. The van der Waals surface area contributed by atoms with Gasteiger partial charge in [0.05, 0.1) is 7.11 Å². The number of rotatable bonds is 8. The van der Waals surface area contributed by atoms with E-state index in [1.807, 2.05) is 26.0 Å². The Balaban J connectivity index is 2.02. The maximum absolute atomic E-state index is 12.6. The van der Waals surface area contributed by atoms with Crippen LogP contribution in [0.25, 0.3) is 0 Å². The molecule has 0 heterocycles. The quantitative estimate of drug-likeness (QED) is 0.686. The van der Waals surface area contributed by atoms with Crippen LogP contribution in [0.2, 0.25) is 5.02 Å². The molecule has 1 amide bonds. The molecule has 0 aliphatic heterocycles. The Morgan fingerprint density at radius 1 is 1.07 bits per heavy atom. The monoisotopic (exact) mass is 389 g/mol. The highest BCUT2D eigenvalue weighted by molar-refractivity contribution is 6.30. The number of halogens is 1. The van der Waals surface area contributed by atoms with E-state index in [1.54, 1.807) is 43.5 Å². The fourth-order valence-corrected chi connectivity index (χ4v) is 2.59. The summed E-state index contributed by atoms with van der Waals surface area (Å²) in [5.41, 5.74) is 1.28. The number of esters is 1. The summed E-state index contributed by atoms with van der Waals surface area (Å²) in [6.45, 7) is 4.00. The Hall–Kier alpha value is -2.53. The molecule has 2 aromatic carbocycles. The van der Waals surface area contributed by atoms with E-state index in [0.717, 1.165) is 17.7 Å². The van der Waals surface area contributed by atoms with Crippen LogP contribution >= 0.6 is 11.6 Å². The van der Waals surface area contributed by atoms with Crippen LogP contribution in [0.3, 0.4) is 0 Å². The Labute approximate surface area is 164 Å². The van der Waals surface area contributed by atoms with Crippen LogP contribution in [0.4, 0.5) is 0 Å². The summed E-state index contributed by atoms with van der Waals surface area (Å²) in [4.78, 5) is 25.0. The van der Waals surface area contributed by atoms with Crippen molar-refractivity contribution in [3.8, 4) is 5.75 Å². The number of nitrogens with one attached hydrogen (secondary N) is 1. The van der Waals surface area contributed by atoms with Gasteiger partial charge in [0.1, 0.15) is 18.4 Å². The number of hydrogen-bond donors (Lipinski definition) is 1. The van der Waals surface area contributed by atoms with Crippen molar-refractivity contribution in [2.45, 2.75) is 32.9 Å². The first-order chi connectivity index (χ1) is 12.9. The lowest BCUT2D eigenvalue weighted by atomic mass is 9.98. The van der Waals surface area contributed by atoms with Gasteiger partial charge in [0, 0.05) is 10.6 Å². The number of methoxy groups -OCH3 is 1. The van der Waals surface area contributed by atoms with Gasteiger partial charge in [-0.05, 0) is 47.9 Å². The third kappa shape index (κ3) is 6.00. The zero-order valence-electron chi connectivity index (χ0n) is 15.7. The maximum atomic E-state index is 12.6. The predicted octanol–water partition coefficient (Wildman–Crippen LogP) is 4.24. The van der Waals surface area contributed by atoms with Crippen molar-refractivity contribution in [2.75, 3.05) is 7.11 Å². The fraction of sp³-hybridized carbons (Fsp3) is 0.333. The van der Waals surface area contributed by atoms with Crippen LogP contribution in [0.5, 0.6) is 5.75 Å². The Bertz CT molecular complexity index is 759. The van der Waals surface area contributed by atoms with Crippen LogP contribution in [0.15, 0.2) is 48.5 Å². The second-order valence-corrected chi connectivity index (χ2v) is 6.74. The standard InChI is InChI=1S/C21H24ClNO4/c1-4-14(2)19(23-20(24)16-7-9-17(22)10-8-16)21(25)27-13-15-5-11-18(26-3)12-6-15/h5-12,14,19H,4,13H2,1-3H3,(H,23,24)/t14-,19-/m0/s1. The van der Waals surface area contributed by atoms with Gasteiger partial charge in [-0.25, -0.2) is 4.79 Å². The number of carbonyl (C=O) groups is 2. The minimum atomic E-state index is -0.726. The van der Waals surface area contributed by atoms with E-state index in [0.29, 0.717) is 10.6 Å². The topological polar surface area (TPSA) is 64.6 Å². The highest BCUT2D eigenvalue weighted by Gasteiger charge is 2.27. The predicted molar refractivity (Wildman–Crippen MR) is 105 cm³/mol. The van der Waals surface area contributed by atoms with Crippen molar-refractivity contribution in [2.24, 2.45) is 5.92 Å². The molecule has 6 heteroatoms. The summed E-state index contributed by atoms with van der Waals surface area (Å²) in [7, 11) is 1.59. The maximum Gasteiger partial charge on any atom is 0.329 e. The molecule has 27 heavy (non-hydrogen) atoms. The molecule has 2 atom stereocenters. The lowest BCUT2D eigenvalue weighted by Crippen LogP contribution is -2.45. The molecule has 1 N–H and O–H groups in total. The van der Waals surface area contributed by atoms with Crippen molar-refractivity contribution in [3.63, 3.8) is 0 Å². The van der Waals surface area contributed by atoms with Crippen LogP contribution in [0.1, 0.15) is 36.2 Å². The molecule has 144 valence electrons. The molecule has 0 radical (unpaired) electrons. The number of ether oxygens (including phenoxy) is 2. The summed E-state index contributed by atoms with van der Waals surface area (Å²) >= 11 is 5.85. The van der Waals surface area contributed by atoms with Gasteiger partial charge in [-0.1, -0.05) is 44.0 Å². The minimum absolute atomic E-state index is 0.0652. The summed E-state index contributed by atoms with van der Waals surface area (Å²) in [5.74, 6) is -0.122. The molecule has 0 saturated carbocycles. The fourth-order valence-electron chi connectivity index (χ4n) is 2.46. The zero-order valence-corrected chi connectivity index (χ0v) is 16.5. The molecule has 2 aromatic rings. The van der Waals surface area contributed by atoms with E-state index in [2.05, 4.69) is 5.32 Å². The van der Waals surface area contributed by atoms with Crippen LogP contribution in [-0.2, 0) is 16.1 Å². The molecule has 0 aliphatic rings. The first kappa shape index (κ1) is 20.8. The van der Waals surface area contributed by atoms with Gasteiger partial charge in [0.2, 0.25) is 0 Å². The lowest BCUT2D eigenvalue weighted by molar-refractivity contribution is -0.148. The van der Waals surface area contributed by atoms with Gasteiger partial charge in [-0.3, -0.25) is 4.79 Å². The van der Waals surface area contributed by atoms with Crippen molar-refractivity contribution in [3.05, 3.63) is 64.7 Å². The van der Waals surface area contributed by atoms with Gasteiger partial charge in [0.15, 0.2) is 0 Å². The lowest BCUT2D eigenvalue weighted by Gasteiger charge is -2.23. The van der Waals surface area contributed by atoms with E-state index in [9.17, 15) is 9.59 Å². The van der Waals surface area contributed by atoms with E-state index in [4.69, 9.17) is 21.1 Å². The Kier molecular flexibility index (Phi) is 7.67. The molecule has 0 aliphatic carbocycles. The number of hydrogen-bond acceptors (Lipinski definition) is 4. The number of amides is 1. The van der Waals surface area contributed by atoms with Crippen LogP contribution < -0.4 is 10.1 Å². The molecule has 0 unspecified atom stereocenters. The molecule has 0 fully saturated rings. The van der Waals surface area contributed by atoms with Crippen LogP contribution in [0, 0.1) is 5.92 Å². The average Bonchev–Trinajstić information content (AvgIpc) is 2.70. The van der Waals surface area contributed by atoms with Crippen molar-refractivity contribution in [1.82, 2.24) is 5.32 Å². The third-order valence-electron chi connectivity index (χ3n) is 4.40. The Morgan fingerprint density at radius 2 is 1.70 bits per heavy atom. The summed E-state index contributed by atoms with van der Waals surface area (Å²) in [6, 6.07) is 13.1. The molecule has 0 spiro atoms. The zero-order chi connectivity index (χ0) is 19.8. The first-order valence-corrected chi connectivity index (χ1v) is 9.18.